The number of aliphatic hydroxyl groups is 1. The van der Waals surface area contributed by atoms with Gasteiger partial charge in [0, 0.05) is 5.56 Å². The van der Waals surface area contributed by atoms with E-state index in [-0.39, 0.29) is 71.5 Å². The van der Waals surface area contributed by atoms with E-state index in [1.165, 1.54) is 18.2 Å². The minimum Gasteiger partial charge on any atom is -0.491 e. The van der Waals surface area contributed by atoms with Gasteiger partial charge in [0.15, 0.2) is 34.8 Å². The van der Waals surface area contributed by atoms with E-state index in [9.17, 15) is 22.7 Å². The minimum atomic E-state index is -1.05. The predicted molar refractivity (Wildman–Crippen MR) is 160 cm³/mol. The van der Waals surface area contributed by atoms with Crippen LogP contribution in [-0.4, -0.2) is 18.3 Å². The first-order valence-corrected chi connectivity index (χ1v) is 16.0. The molecule has 3 aromatic rings. The van der Waals surface area contributed by atoms with Crippen molar-refractivity contribution in [2.45, 2.75) is 95.5 Å². The SMILES string of the molecule is CCOc1ccc(C2CCC(c3ccc(OCC4CCC(c5ccc(C(O)CC)c(F)c5F)CC4)c(F)c3F)CC2)c(F)c1F. The van der Waals surface area contributed by atoms with Crippen molar-refractivity contribution < 1.29 is 40.9 Å². The molecule has 0 heterocycles. The summed E-state index contributed by atoms with van der Waals surface area (Å²) in [5, 5.41) is 9.93. The van der Waals surface area contributed by atoms with E-state index in [1.807, 2.05) is 0 Å². The number of halogens is 6. The van der Waals surface area contributed by atoms with Crippen molar-refractivity contribution in [1.82, 2.24) is 0 Å². The van der Waals surface area contributed by atoms with Gasteiger partial charge in [0.05, 0.1) is 19.3 Å². The topological polar surface area (TPSA) is 38.7 Å². The van der Waals surface area contributed by atoms with Crippen LogP contribution < -0.4 is 9.47 Å². The molecular formula is C36H40F6O3. The van der Waals surface area contributed by atoms with Crippen LogP contribution in [0.1, 0.15) is 118 Å². The Morgan fingerprint density at radius 3 is 1.47 bits per heavy atom. The quantitative estimate of drug-likeness (QED) is 0.226. The smallest absolute Gasteiger partial charge is 0.200 e. The molecule has 3 nitrogen and oxygen atoms in total. The molecule has 0 aliphatic heterocycles. The van der Waals surface area contributed by atoms with Crippen LogP contribution in [0.5, 0.6) is 11.5 Å². The van der Waals surface area contributed by atoms with E-state index in [1.54, 1.807) is 32.0 Å². The molecular weight excluding hydrogens is 594 g/mol. The van der Waals surface area contributed by atoms with Gasteiger partial charge in [0.2, 0.25) is 11.6 Å². The van der Waals surface area contributed by atoms with Crippen LogP contribution in [0.25, 0.3) is 0 Å². The molecule has 2 fully saturated rings. The summed E-state index contributed by atoms with van der Waals surface area (Å²) in [5.41, 5.74) is 0.794. The summed E-state index contributed by atoms with van der Waals surface area (Å²) in [4.78, 5) is 0. The second kappa shape index (κ2) is 14.5. The summed E-state index contributed by atoms with van der Waals surface area (Å²) < 4.78 is 99.6. The van der Waals surface area contributed by atoms with Crippen LogP contribution >= 0.6 is 0 Å². The molecule has 0 radical (unpaired) electrons. The van der Waals surface area contributed by atoms with Gasteiger partial charge in [0.25, 0.3) is 0 Å². The summed E-state index contributed by atoms with van der Waals surface area (Å²) in [5.74, 6) is -6.71. The van der Waals surface area contributed by atoms with Crippen LogP contribution in [0, 0.1) is 40.8 Å². The van der Waals surface area contributed by atoms with Crippen molar-refractivity contribution in [3.8, 4) is 11.5 Å². The van der Waals surface area contributed by atoms with Gasteiger partial charge in [0.1, 0.15) is 0 Å². The third-order valence-electron chi connectivity index (χ3n) is 9.71. The predicted octanol–water partition coefficient (Wildman–Crippen LogP) is 10.2. The zero-order valence-corrected chi connectivity index (χ0v) is 25.7. The lowest BCUT2D eigenvalue weighted by Gasteiger charge is -2.30. The maximum absolute atomic E-state index is 15.2. The van der Waals surface area contributed by atoms with E-state index >= 15 is 8.78 Å². The third-order valence-corrected chi connectivity index (χ3v) is 9.71. The van der Waals surface area contributed by atoms with Crippen LogP contribution in [-0.2, 0) is 0 Å². The zero-order valence-electron chi connectivity index (χ0n) is 25.7. The molecule has 2 saturated carbocycles. The second-order valence-corrected chi connectivity index (χ2v) is 12.4. The molecule has 0 amide bonds. The highest BCUT2D eigenvalue weighted by Gasteiger charge is 2.31. The Balaban J connectivity index is 1.14. The van der Waals surface area contributed by atoms with E-state index in [4.69, 9.17) is 9.47 Å². The number of rotatable bonds is 10. The fourth-order valence-corrected chi connectivity index (χ4v) is 7.04. The van der Waals surface area contributed by atoms with E-state index < -0.39 is 41.0 Å². The molecule has 45 heavy (non-hydrogen) atoms. The summed E-state index contributed by atoms with van der Waals surface area (Å²) in [7, 11) is 0. The maximum atomic E-state index is 15.2. The average Bonchev–Trinajstić information content (AvgIpc) is 3.05. The molecule has 3 aromatic carbocycles. The lowest BCUT2D eigenvalue weighted by atomic mass is 9.76. The Bertz CT molecular complexity index is 1480. The molecule has 1 atom stereocenters. The zero-order chi connectivity index (χ0) is 32.2. The van der Waals surface area contributed by atoms with Gasteiger partial charge >= 0.3 is 0 Å². The largest absolute Gasteiger partial charge is 0.491 e. The summed E-state index contributed by atoms with van der Waals surface area (Å²) in [6.07, 6.45) is 3.80. The van der Waals surface area contributed by atoms with Crippen molar-refractivity contribution in [3.63, 3.8) is 0 Å². The van der Waals surface area contributed by atoms with Gasteiger partial charge in [-0.1, -0.05) is 31.2 Å². The second-order valence-electron chi connectivity index (χ2n) is 12.4. The van der Waals surface area contributed by atoms with Crippen molar-refractivity contribution in [1.29, 1.82) is 0 Å². The standard InChI is InChI=1S/C36H40F6O3/c1-3-28(43)27-14-13-24(31(37)34(27)40)21-7-5-20(6-8-21)19-45-30-18-16-26(33(39)36(30)42)23-11-9-22(10-12-23)25-15-17-29(44-4-2)35(41)32(25)38/h13-18,20-23,28,43H,3-12,19H2,1-2H3. The molecule has 0 aromatic heterocycles. The Kier molecular flexibility index (Phi) is 10.7. The van der Waals surface area contributed by atoms with Gasteiger partial charge in [-0.3, -0.25) is 0 Å². The average molecular weight is 635 g/mol. The van der Waals surface area contributed by atoms with Crippen LogP contribution in [0.4, 0.5) is 26.3 Å². The molecule has 0 saturated heterocycles. The Morgan fingerprint density at radius 2 is 1.00 bits per heavy atom. The highest BCUT2D eigenvalue weighted by Crippen LogP contribution is 2.44. The molecule has 244 valence electrons. The molecule has 5 rings (SSSR count). The molecule has 2 aliphatic rings. The molecule has 9 heteroatoms. The van der Waals surface area contributed by atoms with Crippen molar-refractivity contribution in [3.05, 3.63) is 93.6 Å². The fourth-order valence-electron chi connectivity index (χ4n) is 7.04. The number of hydrogen-bond acceptors (Lipinski definition) is 3. The molecule has 0 bridgehead atoms. The number of aliphatic hydroxyl groups excluding tert-OH is 1. The molecule has 0 spiro atoms. The monoisotopic (exact) mass is 634 g/mol. The van der Waals surface area contributed by atoms with Crippen molar-refractivity contribution in [2.75, 3.05) is 13.2 Å². The van der Waals surface area contributed by atoms with E-state index in [2.05, 4.69) is 0 Å². The normalized spacial score (nSPS) is 22.7. The summed E-state index contributed by atoms with van der Waals surface area (Å²) >= 11 is 0. The fraction of sp³-hybridized carbons (Fsp3) is 0.500. The lowest BCUT2D eigenvalue weighted by molar-refractivity contribution is 0.167. The van der Waals surface area contributed by atoms with Gasteiger partial charge < -0.3 is 14.6 Å². The highest BCUT2D eigenvalue weighted by molar-refractivity contribution is 5.36. The van der Waals surface area contributed by atoms with Gasteiger partial charge in [-0.2, -0.15) is 8.78 Å². The van der Waals surface area contributed by atoms with E-state index in [0.717, 1.165) is 0 Å². The first-order chi connectivity index (χ1) is 21.6. The van der Waals surface area contributed by atoms with Gasteiger partial charge in [-0.15, -0.1) is 0 Å². The first kappa shape index (κ1) is 33.2. The van der Waals surface area contributed by atoms with Crippen LogP contribution in [0.3, 0.4) is 0 Å². The Morgan fingerprint density at radius 1 is 0.578 bits per heavy atom. The van der Waals surface area contributed by atoms with E-state index in [0.29, 0.717) is 56.9 Å². The van der Waals surface area contributed by atoms with Crippen LogP contribution in [0.2, 0.25) is 0 Å². The molecule has 1 unspecified atom stereocenters. The van der Waals surface area contributed by atoms with Gasteiger partial charge in [-0.25, -0.2) is 17.6 Å². The van der Waals surface area contributed by atoms with Gasteiger partial charge in [-0.05, 0) is 117 Å². The number of hydrogen-bond donors (Lipinski definition) is 1. The number of ether oxygens (including phenoxy) is 2. The van der Waals surface area contributed by atoms with Crippen LogP contribution in [0.15, 0.2) is 36.4 Å². The van der Waals surface area contributed by atoms with Crippen molar-refractivity contribution >= 4 is 0 Å². The Labute approximate surface area is 260 Å². The third kappa shape index (κ3) is 6.98. The number of benzene rings is 3. The molecule has 2 aliphatic carbocycles. The lowest BCUT2D eigenvalue weighted by Crippen LogP contribution is -2.21. The maximum Gasteiger partial charge on any atom is 0.200 e. The minimum absolute atomic E-state index is 0.0372. The summed E-state index contributed by atoms with van der Waals surface area (Å²) in [6, 6.07) is 8.97. The highest BCUT2D eigenvalue weighted by atomic mass is 19.2. The van der Waals surface area contributed by atoms with Crippen molar-refractivity contribution in [2.24, 2.45) is 5.92 Å². The molecule has 1 N–H and O–H groups in total. The Hall–Kier alpha value is -3.20. The summed E-state index contributed by atoms with van der Waals surface area (Å²) in [6.45, 7) is 3.79. The first-order valence-electron chi connectivity index (χ1n) is 16.0.